The van der Waals surface area contributed by atoms with Gasteiger partial charge in [-0.3, -0.25) is 19.1 Å². The number of hydrogen-bond acceptors (Lipinski definition) is 6. The Morgan fingerprint density at radius 2 is 1.79 bits per heavy atom. The van der Waals surface area contributed by atoms with Gasteiger partial charge < -0.3 is 4.90 Å². The molecule has 1 aromatic rings. The summed E-state index contributed by atoms with van der Waals surface area (Å²) < 4.78 is 2.36. The molecule has 0 aliphatic carbocycles. The van der Waals surface area contributed by atoms with Crippen LogP contribution in [-0.2, 0) is 11.3 Å². The quantitative estimate of drug-likeness (QED) is 0.255. The van der Waals surface area contributed by atoms with Crippen molar-refractivity contribution in [2.75, 3.05) is 24.5 Å². The molecule has 2 fully saturated rings. The van der Waals surface area contributed by atoms with Gasteiger partial charge in [0.2, 0.25) is 0 Å². The monoisotopic (exact) mass is 500 g/mol. The van der Waals surface area contributed by atoms with Crippen LogP contribution in [-0.4, -0.2) is 39.3 Å². The first-order valence-corrected chi connectivity index (χ1v) is 13.7. The van der Waals surface area contributed by atoms with Gasteiger partial charge in [0, 0.05) is 31.7 Å². The third-order valence-electron chi connectivity index (χ3n) is 6.80. The zero-order chi connectivity index (χ0) is 24.8. The van der Waals surface area contributed by atoms with Gasteiger partial charge in [0.15, 0.2) is 0 Å². The maximum Gasteiger partial charge on any atom is 0.270 e. The standard InChI is InChI=1S/C26H36N4O2S2/c1-5-7-9-13-30-25(32)22(34-26(30)33)16-20-19(4)21(17-27)24(31)29(12-8-6-2)23(20)28-14-10-18(3)11-15-28/h16,18H,5-15H2,1-4H3/b22-16-. The van der Waals surface area contributed by atoms with Gasteiger partial charge in [0.25, 0.3) is 11.5 Å². The Hall–Kier alpha value is -2.11. The van der Waals surface area contributed by atoms with E-state index in [1.807, 2.05) is 13.0 Å². The lowest BCUT2D eigenvalue weighted by Gasteiger charge is -2.35. The summed E-state index contributed by atoms with van der Waals surface area (Å²) in [6.45, 7) is 11.2. The molecule has 1 amide bonds. The second-order valence-electron chi connectivity index (χ2n) is 9.37. The van der Waals surface area contributed by atoms with Crippen molar-refractivity contribution in [1.29, 1.82) is 5.26 Å². The summed E-state index contributed by atoms with van der Waals surface area (Å²) >= 11 is 6.85. The molecule has 0 N–H and O–H groups in total. The molecule has 34 heavy (non-hydrogen) atoms. The number of pyridine rings is 1. The molecule has 0 saturated carbocycles. The van der Waals surface area contributed by atoms with E-state index >= 15 is 0 Å². The Morgan fingerprint density at radius 1 is 1.12 bits per heavy atom. The Labute approximate surface area is 213 Å². The highest BCUT2D eigenvalue weighted by molar-refractivity contribution is 8.26. The van der Waals surface area contributed by atoms with E-state index in [-0.39, 0.29) is 17.0 Å². The van der Waals surface area contributed by atoms with Crippen molar-refractivity contribution >= 4 is 46.1 Å². The number of hydrogen-bond donors (Lipinski definition) is 0. The predicted molar refractivity (Wildman–Crippen MR) is 145 cm³/mol. The number of thiocarbonyl (C=S) groups is 1. The predicted octanol–water partition coefficient (Wildman–Crippen LogP) is 5.46. The van der Waals surface area contributed by atoms with Gasteiger partial charge >= 0.3 is 0 Å². The van der Waals surface area contributed by atoms with E-state index in [1.54, 1.807) is 9.47 Å². The van der Waals surface area contributed by atoms with Crippen LogP contribution in [0.5, 0.6) is 0 Å². The summed E-state index contributed by atoms with van der Waals surface area (Å²) in [4.78, 5) is 31.1. The molecule has 0 aromatic carbocycles. The third-order valence-corrected chi connectivity index (χ3v) is 8.18. The van der Waals surface area contributed by atoms with Crippen LogP contribution >= 0.6 is 24.0 Å². The highest BCUT2D eigenvalue weighted by Gasteiger charge is 2.33. The van der Waals surface area contributed by atoms with Crippen molar-refractivity contribution in [1.82, 2.24) is 9.47 Å². The van der Waals surface area contributed by atoms with E-state index in [2.05, 4.69) is 31.7 Å². The largest absolute Gasteiger partial charge is 0.357 e. The smallest absolute Gasteiger partial charge is 0.270 e. The average Bonchev–Trinajstić information content (AvgIpc) is 3.08. The lowest BCUT2D eigenvalue weighted by molar-refractivity contribution is -0.122. The molecule has 184 valence electrons. The fraction of sp³-hybridized carbons (Fsp3) is 0.615. The fourth-order valence-electron chi connectivity index (χ4n) is 4.57. The second kappa shape index (κ2) is 12.0. The average molecular weight is 501 g/mol. The van der Waals surface area contributed by atoms with Crippen LogP contribution in [0.15, 0.2) is 9.70 Å². The topological polar surface area (TPSA) is 69.3 Å². The van der Waals surface area contributed by atoms with Crippen molar-refractivity contribution in [3.05, 3.63) is 31.9 Å². The van der Waals surface area contributed by atoms with Gasteiger partial charge in [-0.25, -0.2) is 0 Å². The maximum absolute atomic E-state index is 13.4. The summed E-state index contributed by atoms with van der Waals surface area (Å²) in [5, 5.41) is 9.83. The Balaban J connectivity index is 2.13. The van der Waals surface area contributed by atoms with Crippen LogP contribution in [0.3, 0.4) is 0 Å². The number of piperidine rings is 1. The summed E-state index contributed by atoms with van der Waals surface area (Å²) in [5.41, 5.74) is 1.38. The molecule has 2 saturated heterocycles. The van der Waals surface area contributed by atoms with Crippen LogP contribution in [0.2, 0.25) is 0 Å². The van der Waals surface area contributed by atoms with Crippen molar-refractivity contribution < 1.29 is 4.79 Å². The van der Waals surface area contributed by atoms with Crippen molar-refractivity contribution in [2.45, 2.75) is 79.2 Å². The number of aromatic nitrogens is 1. The van der Waals surface area contributed by atoms with E-state index in [9.17, 15) is 14.9 Å². The number of nitrogens with zero attached hydrogens (tertiary/aromatic N) is 4. The van der Waals surface area contributed by atoms with Crippen LogP contribution in [0.1, 0.15) is 82.4 Å². The third kappa shape index (κ3) is 5.58. The molecule has 0 spiro atoms. The molecule has 3 heterocycles. The molecule has 1 aromatic heterocycles. The number of rotatable bonds is 9. The van der Waals surface area contributed by atoms with Gasteiger partial charge in [-0.15, -0.1) is 0 Å². The van der Waals surface area contributed by atoms with E-state index < -0.39 is 0 Å². The Kier molecular flexibility index (Phi) is 9.38. The highest BCUT2D eigenvalue weighted by atomic mass is 32.2. The molecule has 0 radical (unpaired) electrons. The summed E-state index contributed by atoms with van der Waals surface area (Å²) in [5.74, 6) is 1.42. The maximum atomic E-state index is 13.4. The molecular formula is C26H36N4O2S2. The number of nitriles is 1. The SMILES string of the molecule is CCCCCN1C(=O)/C(=C/c2c(C)c(C#N)c(=O)n(CCCC)c2N2CCC(C)CC2)SC1=S. The number of carbonyl (C=O) groups excluding carboxylic acids is 1. The van der Waals surface area contributed by atoms with Crippen molar-refractivity contribution in [3.63, 3.8) is 0 Å². The molecule has 0 atom stereocenters. The molecular weight excluding hydrogens is 464 g/mol. The summed E-state index contributed by atoms with van der Waals surface area (Å²) in [7, 11) is 0. The van der Waals surface area contributed by atoms with Gasteiger partial charge in [-0.05, 0) is 50.2 Å². The van der Waals surface area contributed by atoms with Gasteiger partial charge in [0.05, 0.1) is 4.91 Å². The number of amides is 1. The molecule has 8 heteroatoms. The van der Waals surface area contributed by atoms with E-state index in [4.69, 9.17) is 12.2 Å². The molecule has 0 unspecified atom stereocenters. The Morgan fingerprint density at radius 3 is 2.41 bits per heavy atom. The van der Waals surface area contributed by atoms with Crippen molar-refractivity contribution in [2.24, 2.45) is 5.92 Å². The van der Waals surface area contributed by atoms with Gasteiger partial charge in [-0.2, -0.15) is 5.26 Å². The van der Waals surface area contributed by atoms with E-state index in [0.717, 1.165) is 69.4 Å². The zero-order valence-electron chi connectivity index (χ0n) is 20.9. The minimum atomic E-state index is -0.230. The fourth-order valence-corrected chi connectivity index (χ4v) is 5.86. The first-order valence-electron chi connectivity index (χ1n) is 12.5. The van der Waals surface area contributed by atoms with E-state index in [1.165, 1.54) is 11.8 Å². The first kappa shape index (κ1) is 26.5. The molecule has 2 aliphatic heterocycles. The van der Waals surface area contributed by atoms with Gasteiger partial charge in [-0.1, -0.05) is 64.0 Å². The minimum absolute atomic E-state index is 0.0754. The second-order valence-corrected chi connectivity index (χ2v) is 11.0. The highest BCUT2D eigenvalue weighted by Crippen LogP contribution is 2.37. The number of anilines is 1. The number of unbranched alkanes of at least 4 members (excludes halogenated alkanes) is 3. The van der Waals surface area contributed by atoms with Crippen LogP contribution in [0.4, 0.5) is 5.82 Å². The number of carbonyl (C=O) groups is 1. The summed E-state index contributed by atoms with van der Waals surface area (Å²) in [6, 6.07) is 2.14. The summed E-state index contributed by atoms with van der Waals surface area (Å²) in [6.07, 6.45) is 8.85. The lowest BCUT2D eigenvalue weighted by atomic mass is 9.97. The van der Waals surface area contributed by atoms with Crippen LogP contribution in [0, 0.1) is 24.2 Å². The lowest BCUT2D eigenvalue weighted by Crippen LogP contribution is -2.39. The molecule has 3 rings (SSSR count). The van der Waals surface area contributed by atoms with Crippen LogP contribution in [0.25, 0.3) is 6.08 Å². The van der Waals surface area contributed by atoms with Gasteiger partial charge in [0.1, 0.15) is 21.8 Å². The first-order chi connectivity index (χ1) is 16.3. The zero-order valence-corrected chi connectivity index (χ0v) is 22.5. The van der Waals surface area contributed by atoms with Crippen molar-refractivity contribution in [3.8, 4) is 6.07 Å². The van der Waals surface area contributed by atoms with Crippen LogP contribution < -0.4 is 10.5 Å². The normalized spacial score (nSPS) is 18.3. The Bertz CT molecular complexity index is 1060. The minimum Gasteiger partial charge on any atom is -0.357 e. The molecule has 2 aliphatic rings. The molecule has 6 nitrogen and oxygen atoms in total. The number of thioether (sulfide) groups is 1. The van der Waals surface area contributed by atoms with E-state index in [0.29, 0.717) is 33.8 Å². The molecule has 0 bridgehead atoms.